The summed E-state index contributed by atoms with van der Waals surface area (Å²) in [5, 5.41) is 1.08. The fourth-order valence-electron chi connectivity index (χ4n) is 3.04. The first-order chi connectivity index (χ1) is 10.3. The lowest BCUT2D eigenvalue weighted by Gasteiger charge is -2.29. The Morgan fingerprint density at radius 2 is 1.86 bits per heavy atom. The van der Waals surface area contributed by atoms with E-state index in [1.165, 1.54) is 11.1 Å². The zero-order valence-electron chi connectivity index (χ0n) is 11.7. The third-order valence-electron chi connectivity index (χ3n) is 4.13. The van der Waals surface area contributed by atoms with Gasteiger partial charge in [0, 0.05) is 5.39 Å². The largest absolute Gasteiger partial charge is 0.459 e. The van der Waals surface area contributed by atoms with Crippen molar-refractivity contribution in [3.05, 3.63) is 71.5 Å². The molecule has 0 radical (unpaired) electrons. The van der Waals surface area contributed by atoms with Crippen LogP contribution in [0.25, 0.3) is 11.0 Å². The zero-order chi connectivity index (χ0) is 14.2. The van der Waals surface area contributed by atoms with Crippen molar-refractivity contribution in [3.63, 3.8) is 0 Å². The maximum Gasteiger partial charge on any atom is 0.134 e. The van der Waals surface area contributed by atoms with Gasteiger partial charge in [0.25, 0.3) is 0 Å². The van der Waals surface area contributed by atoms with Gasteiger partial charge in [0.15, 0.2) is 0 Å². The quantitative estimate of drug-likeness (QED) is 0.777. The normalized spacial score (nSPS) is 19.4. The fraction of sp³-hybridized carbons (Fsp3) is 0.222. The van der Waals surface area contributed by atoms with Crippen molar-refractivity contribution in [1.82, 2.24) is 0 Å². The van der Waals surface area contributed by atoms with Crippen LogP contribution in [-0.4, -0.2) is 6.61 Å². The molecule has 1 aliphatic heterocycles. The summed E-state index contributed by atoms with van der Waals surface area (Å²) in [5.74, 6) is 0.776. The summed E-state index contributed by atoms with van der Waals surface area (Å²) in [6.45, 7) is 0.704. The summed E-state index contributed by atoms with van der Waals surface area (Å²) < 4.78 is 11.8. The first-order valence-electron chi connectivity index (χ1n) is 7.26. The van der Waals surface area contributed by atoms with E-state index in [4.69, 9.17) is 14.9 Å². The van der Waals surface area contributed by atoms with Crippen molar-refractivity contribution < 1.29 is 9.15 Å². The Morgan fingerprint density at radius 3 is 2.76 bits per heavy atom. The van der Waals surface area contributed by atoms with Crippen molar-refractivity contribution in [2.45, 2.75) is 18.6 Å². The molecule has 3 nitrogen and oxygen atoms in total. The smallest absolute Gasteiger partial charge is 0.134 e. The average Bonchev–Trinajstić information content (AvgIpc) is 2.97. The van der Waals surface area contributed by atoms with Gasteiger partial charge in [-0.1, -0.05) is 42.5 Å². The zero-order valence-corrected chi connectivity index (χ0v) is 11.7. The Bertz CT molecular complexity index is 744. The van der Waals surface area contributed by atoms with E-state index >= 15 is 0 Å². The molecule has 0 amide bonds. The van der Waals surface area contributed by atoms with Crippen LogP contribution in [0.15, 0.2) is 59.0 Å². The van der Waals surface area contributed by atoms with Crippen molar-refractivity contribution in [3.8, 4) is 0 Å². The standard InChI is InChI=1S/C18H17NO2/c19-17(16-11-13-6-2-4-8-15(13)21-16)18-14-7-3-1-5-12(14)9-10-20-18/h1-8,11,17-18H,9-10,19H2. The molecule has 2 unspecified atom stereocenters. The highest BCUT2D eigenvalue weighted by molar-refractivity contribution is 5.77. The second kappa shape index (κ2) is 5.02. The monoisotopic (exact) mass is 279 g/mol. The maximum atomic E-state index is 6.43. The molecular weight excluding hydrogens is 262 g/mol. The SMILES string of the molecule is NC(c1cc2ccccc2o1)C1OCCc2ccccc21. The molecular formula is C18H17NO2. The molecule has 0 bridgehead atoms. The van der Waals surface area contributed by atoms with E-state index < -0.39 is 0 Å². The lowest BCUT2D eigenvalue weighted by Crippen LogP contribution is -2.26. The summed E-state index contributed by atoms with van der Waals surface area (Å²) in [4.78, 5) is 0. The lowest BCUT2D eigenvalue weighted by atomic mass is 9.92. The highest BCUT2D eigenvalue weighted by atomic mass is 16.5. The van der Waals surface area contributed by atoms with Crippen molar-refractivity contribution >= 4 is 11.0 Å². The molecule has 2 aromatic carbocycles. The number of hydrogen-bond donors (Lipinski definition) is 1. The van der Waals surface area contributed by atoms with Crippen LogP contribution >= 0.6 is 0 Å². The molecule has 1 aliphatic rings. The number of nitrogens with two attached hydrogens (primary N) is 1. The maximum absolute atomic E-state index is 6.43. The van der Waals surface area contributed by atoms with E-state index in [2.05, 4.69) is 18.2 Å². The molecule has 0 saturated carbocycles. The number of ether oxygens (including phenoxy) is 1. The summed E-state index contributed by atoms with van der Waals surface area (Å²) in [6, 6.07) is 18.0. The van der Waals surface area contributed by atoms with Crippen LogP contribution < -0.4 is 5.73 Å². The number of benzene rings is 2. The third-order valence-corrected chi connectivity index (χ3v) is 4.13. The van der Waals surface area contributed by atoms with E-state index in [9.17, 15) is 0 Å². The predicted molar refractivity (Wildman–Crippen MR) is 82.0 cm³/mol. The molecule has 0 fully saturated rings. The molecule has 0 spiro atoms. The van der Waals surface area contributed by atoms with Gasteiger partial charge in [-0.15, -0.1) is 0 Å². The number of para-hydroxylation sites is 1. The molecule has 3 aromatic rings. The Morgan fingerprint density at radius 1 is 1.05 bits per heavy atom. The Kier molecular flexibility index (Phi) is 3.02. The van der Waals surface area contributed by atoms with Gasteiger partial charge in [-0.05, 0) is 29.7 Å². The van der Waals surface area contributed by atoms with Crippen LogP contribution in [0.3, 0.4) is 0 Å². The van der Waals surface area contributed by atoms with Crippen molar-refractivity contribution in [2.75, 3.05) is 6.61 Å². The number of hydrogen-bond acceptors (Lipinski definition) is 3. The van der Waals surface area contributed by atoms with E-state index in [-0.39, 0.29) is 12.1 Å². The van der Waals surface area contributed by atoms with Crippen LogP contribution in [0.2, 0.25) is 0 Å². The molecule has 3 heteroatoms. The number of rotatable bonds is 2. The van der Waals surface area contributed by atoms with Gasteiger partial charge < -0.3 is 14.9 Å². The second-order valence-electron chi connectivity index (χ2n) is 5.45. The van der Waals surface area contributed by atoms with Crippen molar-refractivity contribution in [1.29, 1.82) is 0 Å². The Balaban J connectivity index is 1.73. The average molecular weight is 279 g/mol. The van der Waals surface area contributed by atoms with Crippen LogP contribution in [0.1, 0.15) is 29.0 Å². The van der Waals surface area contributed by atoms with E-state index in [0.717, 1.165) is 23.2 Å². The highest BCUT2D eigenvalue weighted by Crippen LogP contribution is 2.37. The van der Waals surface area contributed by atoms with Gasteiger partial charge in [0.1, 0.15) is 17.4 Å². The number of furan rings is 1. The first kappa shape index (κ1) is 12.6. The summed E-state index contributed by atoms with van der Waals surface area (Å²) >= 11 is 0. The molecule has 1 aromatic heterocycles. The molecule has 2 heterocycles. The Labute approximate surface area is 123 Å². The number of fused-ring (bicyclic) bond motifs is 2. The van der Waals surface area contributed by atoms with Gasteiger partial charge in [-0.2, -0.15) is 0 Å². The van der Waals surface area contributed by atoms with Crippen LogP contribution in [0, 0.1) is 0 Å². The van der Waals surface area contributed by atoms with Crippen molar-refractivity contribution in [2.24, 2.45) is 5.73 Å². The van der Waals surface area contributed by atoms with E-state index in [0.29, 0.717) is 6.61 Å². The summed E-state index contributed by atoms with van der Waals surface area (Å²) in [6.07, 6.45) is 0.801. The lowest BCUT2D eigenvalue weighted by molar-refractivity contribution is 0.0198. The van der Waals surface area contributed by atoms with Gasteiger partial charge >= 0.3 is 0 Å². The third kappa shape index (κ3) is 2.15. The fourth-order valence-corrected chi connectivity index (χ4v) is 3.04. The molecule has 0 saturated heterocycles. The molecule has 21 heavy (non-hydrogen) atoms. The molecule has 106 valence electrons. The summed E-state index contributed by atoms with van der Waals surface area (Å²) in [5.41, 5.74) is 9.79. The minimum absolute atomic E-state index is 0.143. The first-order valence-corrected chi connectivity index (χ1v) is 7.26. The van der Waals surface area contributed by atoms with Crippen LogP contribution in [0.5, 0.6) is 0 Å². The van der Waals surface area contributed by atoms with Crippen LogP contribution in [0.4, 0.5) is 0 Å². The molecule has 0 aliphatic carbocycles. The van der Waals surface area contributed by atoms with Gasteiger partial charge in [-0.3, -0.25) is 0 Å². The highest BCUT2D eigenvalue weighted by Gasteiger charge is 2.29. The predicted octanol–water partition coefficient (Wildman–Crippen LogP) is 3.75. The Hall–Kier alpha value is -2.10. The minimum Gasteiger partial charge on any atom is -0.459 e. The van der Waals surface area contributed by atoms with Gasteiger partial charge in [-0.25, -0.2) is 0 Å². The molecule has 2 atom stereocenters. The van der Waals surface area contributed by atoms with E-state index in [1.807, 2.05) is 36.4 Å². The van der Waals surface area contributed by atoms with Gasteiger partial charge in [0.05, 0.1) is 12.6 Å². The topological polar surface area (TPSA) is 48.4 Å². The summed E-state index contributed by atoms with van der Waals surface area (Å²) in [7, 11) is 0. The molecule has 2 N–H and O–H groups in total. The molecule has 4 rings (SSSR count). The van der Waals surface area contributed by atoms with Crippen LogP contribution in [-0.2, 0) is 11.2 Å². The van der Waals surface area contributed by atoms with E-state index in [1.54, 1.807) is 0 Å². The van der Waals surface area contributed by atoms with Gasteiger partial charge in [0.2, 0.25) is 0 Å². The second-order valence-corrected chi connectivity index (χ2v) is 5.45. The minimum atomic E-state index is -0.293.